The number of morpholine rings is 1. The van der Waals surface area contributed by atoms with E-state index in [4.69, 9.17) is 10.5 Å². The molecule has 6 heteroatoms. The first kappa shape index (κ1) is 16.0. The molecule has 0 aromatic carbocycles. The average molecular weight is 294 g/mol. The van der Waals surface area contributed by atoms with Gasteiger partial charge in [-0.25, -0.2) is 0 Å². The highest BCUT2D eigenvalue weighted by molar-refractivity contribution is 5.95. The van der Waals surface area contributed by atoms with Gasteiger partial charge in [-0.3, -0.25) is 9.48 Å². The van der Waals surface area contributed by atoms with Crippen molar-refractivity contribution < 1.29 is 9.53 Å². The summed E-state index contributed by atoms with van der Waals surface area (Å²) in [4.78, 5) is 14.6. The van der Waals surface area contributed by atoms with Crippen molar-refractivity contribution in [1.29, 1.82) is 0 Å². The molecular weight excluding hydrogens is 268 g/mol. The lowest BCUT2D eigenvalue weighted by Gasteiger charge is -2.41. The van der Waals surface area contributed by atoms with Gasteiger partial charge in [0.2, 0.25) is 0 Å². The molecule has 0 spiro atoms. The van der Waals surface area contributed by atoms with Gasteiger partial charge in [0.05, 0.1) is 23.5 Å². The second-order valence-corrected chi connectivity index (χ2v) is 6.38. The number of amides is 1. The number of nitrogens with zero attached hydrogens (tertiary/aromatic N) is 3. The van der Waals surface area contributed by atoms with Crippen LogP contribution in [0.15, 0.2) is 6.20 Å². The lowest BCUT2D eigenvalue weighted by molar-refractivity contribution is -0.118. The summed E-state index contributed by atoms with van der Waals surface area (Å²) in [5.74, 6) is 0.0368. The van der Waals surface area contributed by atoms with Crippen LogP contribution < -0.4 is 5.73 Å². The van der Waals surface area contributed by atoms with Gasteiger partial charge in [-0.1, -0.05) is 0 Å². The minimum absolute atomic E-state index is 0.0368. The first-order valence-corrected chi connectivity index (χ1v) is 7.53. The Kier molecular flexibility index (Phi) is 4.68. The molecule has 1 aromatic heterocycles. The molecule has 0 bridgehead atoms. The molecule has 1 amide bonds. The molecule has 1 unspecified atom stereocenters. The second-order valence-electron chi connectivity index (χ2n) is 6.38. The average Bonchev–Trinajstić information content (AvgIpc) is 2.74. The topological polar surface area (TPSA) is 73.4 Å². The molecule has 2 heterocycles. The van der Waals surface area contributed by atoms with Crippen molar-refractivity contribution in [2.24, 2.45) is 5.73 Å². The van der Waals surface area contributed by atoms with Gasteiger partial charge >= 0.3 is 0 Å². The third kappa shape index (κ3) is 3.63. The molecule has 2 N–H and O–H groups in total. The van der Waals surface area contributed by atoms with E-state index in [0.29, 0.717) is 25.2 Å². The van der Waals surface area contributed by atoms with Crippen molar-refractivity contribution in [3.05, 3.63) is 17.5 Å². The monoisotopic (exact) mass is 294 g/mol. The van der Waals surface area contributed by atoms with E-state index in [2.05, 4.69) is 5.10 Å². The summed E-state index contributed by atoms with van der Waals surface area (Å²) in [6.07, 6.45) is 2.57. The minimum Gasteiger partial charge on any atom is -0.369 e. The molecule has 21 heavy (non-hydrogen) atoms. The Balaban J connectivity index is 2.14. The first-order valence-electron chi connectivity index (χ1n) is 7.53. The van der Waals surface area contributed by atoms with E-state index in [0.717, 1.165) is 18.7 Å². The van der Waals surface area contributed by atoms with E-state index >= 15 is 0 Å². The van der Waals surface area contributed by atoms with Gasteiger partial charge in [0.25, 0.3) is 5.91 Å². The quantitative estimate of drug-likeness (QED) is 0.905. The van der Waals surface area contributed by atoms with E-state index in [1.807, 2.05) is 37.3 Å². The van der Waals surface area contributed by atoms with Gasteiger partial charge in [-0.05, 0) is 40.7 Å². The van der Waals surface area contributed by atoms with Crippen LogP contribution >= 0.6 is 0 Å². The smallest absolute Gasteiger partial charge is 0.257 e. The minimum atomic E-state index is -0.309. The van der Waals surface area contributed by atoms with E-state index in [1.165, 1.54) is 0 Å². The third-order valence-corrected chi connectivity index (χ3v) is 3.76. The van der Waals surface area contributed by atoms with Gasteiger partial charge in [0.15, 0.2) is 0 Å². The predicted molar refractivity (Wildman–Crippen MR) is 81.2 cm³/mol. The largest absolute Gasteiger partial charge is 0.369 e. The summed E-state index contributed by atoms with van der Waals surface area (Å²) < 4.78 is 7.71. The fraction of sp³-hybridized carbons (Fsp3) is 0.733. The van der Waals surface area contributed by atoms with Crippen molar-refractivity contribution in [2.45, 2.75) is 52.4 Å². The number of hydrogen-bond acceptors (Lipinski definition) is 4. The standard InChI is InChI=1S/C15H26N4O2/c1-11-9-18(10-15(3,4)21-11)14(20)13-8-17-19(12(13)2)7-5-6-16/h8,11H,5-7,9-10,16H2,1-4H3. The highest BCUT2D eigenvalue weighted by Crippen LogP contribution is 2.23. The Morgan fingerprint density at radius 3 is 2.90 bits per heavy atom. The van der Waals surface area contributed by atoms with Gasteiger partial charge in [-0.15, -0.1) is 0 Å². The van der Waals surface area contributed by atoms with E-state index in [1.54, 1.807) is 6.20 Å². The van der Waals surface area contributed by atoms with E-state index in [9.17, 15) is 4.79 Å². The Morgan fingerprint density at radius 2 is 2.29 bits per heavy atom. The molecule has 0 saturated carbocycles. The number of nitrogens with two attached hydrogens (primary N) is 1. The highest BCUT2D eigenvalue weighted by atomic mass is 16.5. The molecule has 1 fully saturated rings. The SMILES string of the molecule is Cc1c(C(=O)N2CC(C)OC(C)(C)C2)cnn1CCCN. The fourth-order valence-corrected chi connectivity index (χ4v) is 2.90. The maximum absolute atomic E-state index is 12.7. The second kappa shape index (κ2) is 6.15. The van der Waals surface area contributed by atoms with Crippen LogP contribution in [-0.4, -0.2) is 51.9 Å². The molecule has 0 radical (unpaired) electrons. The van der Waals surface area contributed by atoms with Gasteiger partial charge in [0, 0.05) is 25.3 Å². The molecule has 1 aliphatic rings. The van der Waals surface area contributed by atoms with Gasteiger partial charge in [0.1, 0.15) is 0 Å². The zero-order chi connectivity index (χ0) is 15.6. The predicted octanol–water partition coefficient (Wildman–Crippen LogP) is 1.18. The zero-order valence-electron chi connectivity index (χ0n) is 13.4. The number of rotatable bonds is 4. The Bertz CT molecular complexity index is 510. The molecular formula is C15H26N4O2. The molecule has 1 atom stereocenters. The number of aryl methyl sites for hydroxylation is 1. The maximum atomic E-state index is 12.7. The van der Waals surface area contributed by atoms with Crippen LogP contribution in [0.2, 0.25) is 0 Å². The van der Waals surface area contributed by atoms with Crippen molar-refractivity contribution in [3.63, 3.8) is 0 Å². The zero-order valence-corrected chi connectivity index (χ0v) is 13.4. The van der Waals surface area contributed by atoms with E-state index in [-0.39, 0.29) is 17.6 Å². The summed E-state index contributed by atoms with van der Waals surface area (Å²) in [6, 6.07) is 0. The van der Waals surface area contributed by atoms with Crippen LogP contribution in [0.25, 0.3) is 0 Å². The maximum Gasteiger partial charge on any atom is 0.257 e. The van der Waals surface area contributed by atoms with Crippen molar-refractivity contribution in [2.75, 3.05) is 19.6 Å². The molecule has 1 aromatic rings. The Hall–Kier alpha value is -1.40. The summed E-state index contributed by atoms with van der Waals surface area (Å²) >= 11 is 0. The highest BCUT2D eigenvalue weighted by Gasteiger charge is 2.34. The number of aromatic nitrogens is 2. The Morgan fingerprint density at radius 1 is 1.57 bits per heavy atom. The van der Waals surface area contributed by atoms with Crippen LogP contribution in [0.4, 0.5) is 0 Å². The van der Waals surface area contributed by atoms with Crippen molar-refractivity contribution >= 4 is 5.91 Å². The van der Waals surface area contributed by atoms with Crippen LogP contribution in [0.5, 0.6) is 0 Å². The van der Waals surface area contributed by atoms with Crippen LogP contribution in [0, 0.1) is 6.92 Å². The lowest BCUT2D eigenvalue weighted by Crippen LogP contribution is -2.53. The summed E-state index contributed by atoms with van der Waals surface area (Å²) in [7, 11) is 0. The number of hydrogen-bond donors (Lipinski definition) is 1. The number of carbonyl (C=O) groups excluding carboxylic acids is 1. The molecule has 1 aliphatic heterocycles. The summed E-state index contributed by atoms with van der Waals surface area (Å²) in [5.41, 5.74) is 6.80. The molecule has 2 rings (SSSR count). The first-order chi connectivity index (χ1) is 9.84. The summed E-state index contributed by atoms with van der Waals surface area (Å²) in [5, 5.41) is 4.31. The van der Waals surface area contributed by atoms with Gasteiger partial charge in [-0.2, -0.15) is 5.10 Å². The van der Waals surface area contributed by atoms with Crippen molar-refractivity contribution in [1.82, 2.24) is 14.7 Å². The molecule has 118 valence electrons. The molecule has 1 saturated heterocycles. The normalized spacial score (nSPS) is 21.6. The van der Waals surface area contributed by atoms with Crippen LogP contribution in [0.3, 0.4) is 0 Å². The molecule has 6 nitrogen and oxygen atoms in total. The summed E-state index contributed by atoms with van der Waals surface area (Å²) in [6.45, 7) is 10.6. The van der Waals surface area contributed by atoms with Crippen molar-refractivity contribution in [3.8, 4) is 0 Å². The third-order valence-electron chi connectivity index (χ3n) is 3.76. The number of ether oxygens (including phenoxy) is 1. The molecule has 0 aliphatic carbocycles. The van der Waals surface area contributed by atoms with Crippen LogP contribution in [0.1, 0.15) is 43.2 Å². The van der Waals surface area contributed by atoms with Crippen LogP contribution in [-0.2, 0) is 11.3 Å². The lowest BCUT2D eigenvalue weighted by atomic mass is 10.0. The Labute approximate surface area is 126 Å². The fourth-order valence-electron chi connectivity index (χ4n) is 2.90. The number of carbonyl (C=O) groups is 1. The van der Waals surface area contributed by atoms with Gasteiger partial charge < -0.3 is 15.4 Å². The van der Waals surface area contributed by atoms with E-state index < -0.39 is 0 Å².